The highest BCUT2D eigenvalue weighted by Crippen LogP contribution is 2.27. The van der Waals surface area contributed by atoms with Crippen LogP contribution in [0.3, 0.4) is 0 Å². The number of carbonyl (C=O) groups is 3. The SMILES string of the molecule is O=C1N[C@@H](CC(=O)N2CCC(c3ccccc3)C2)C(=O)Nc2ccccc21. The van der Waals surface area contributed by atoms with Crippen molar-refractivity contribution in [2.45, 2.75) is 24.8 Å². The Morgan fingerprint density at radius 1 is 1.04 bits per heavy atom. The van der Waals surface area contributed by atoms with Gasteiger partial charge in [-0.1, -0.05) is 42.5 Å². The molecular formula is C21H21N3O3. The van der Waals surface area contributed by atoms with Crippen LogP contribution in [0, 0.1) is 0 Å². The zero-order valence-corrected chi connectivity index (χ0v) is 14.9. The van der Waals surface area contributed by atoms with E-state index >= 15 is 0 Å². The van der Waals surface area contributed by atoms with Crippen molar-refractivity contribution >= 4 is 23.4 Å². The molecule has 2 heterocycles. The first-order chi connectivity index (χ1) is 13.1. The van der Waals surface area contributed by atoms with Gasteiger partial charge in [0.15, 0.2) is 0 Å². The largest absolute Gasteiger partial charge is 0.342 e. The fourth-order valence-electron chi connectivity index (χ4n) is 3.74. The van der Waals surface area contributed by atoms with Gasteiger partial charge in [-0.25, -0.2) is 0 Å². The number of benzene rings is 2. The second kappa shape index (κ2) is 7.23. The molecule has 6 nitrogen and oxygen atoms in total. The summed E-state index contributed by atoms with van der Waals surface area (Å²) in [5, 5.41) is 5.42. The van der Waals surface area contributed by atoms with E-state index in [9.17, 15) is 14.4 Å². The predicted octanol–water partition coefficient (Wildman–Crippen LogP) is 2.14. The van der Waals surface area contributed by atoms with Crippen molar-refractivity contribution in [1.82, 2.24) is 10.2 Å². The lowest BCUT2D eigenvalue weighted by molar-refractivity contribution is -0.132. The van der Waals surface area contributed by atoms with Crippen LogP contribution < -0.4 is 10.6 Å². The fraction of sp³-hybridized carbons (Fsp3) is 0.286. The van der Waals surface area contributed by atoms with Gasteiger partial charge in [0.05, 0.1) is 17.7 Å². The molecule has 2 aliphatic heterocycles. The number of nitrogens with one attached hydrogen (secondary N) is 2. The summed E-state index contributed by atoms with van der Waals surface area (Å²) in [5.74, 6) is -0.498. The Labute approximate surface area is 157 Å². The van der Waals surface area contributed by atoms with Crippen molar-refractivity contribution in [1.29, 1.82) is 0 Å². The van der Waals surface area contributed by atoms with Crippen molar-refractivity contribution in [3.63, 3.8) is 0 Å². The molecule has 4 rings (SSSR count). The molecule has 27 heavy (non-hydrogen) atoms. The molecule has 3 amide bonds. The number of amides is 3. The number of para-hydroxylation sites is 1. The smallest absolute Gasteiger partial charge is 0.254 e. The first-order valence-electron chi connectivity index (χ1n) is 9.15. The van der Waals surface area contributed by atoms with Crippen molar-refractivity contribution in [3.05, 3.63) is 65.7 Å². The molecule has 2 aromatic rings. The van der Waals surface area contributed by atoms with E-state index in [4.69, 9.17) is 0 Å². The molecule has 0 aliphatic carbocycles. The second-order valence-corrected chi connectivity index (χ2v) is 7.00. The molecule has 6 heteroatoms. The number of rotatable bonds is 3. The van der Waals surface area contributed by atoms with E-state index in [0.717, 1.165) is 6.42 Å². The molecule has 0 spiro atoms. The Balaban J connectivity index is 1.41. The average molecular weight is 363 g/mol. The van der Waals surface area contributed by atoms with Crippen LogP contribution in [0.4, 0.5) is 5.69 Å². The third kappa shape index (κ3) is 3.56. The van der Waals surface area contributed by atoms with Gasteiger partial charge in [-0.2, -0.15) is 0 Å². The molecular weight excluding hydrogens is 342 g/mol. The molecule has 1 unspecified atom stereocenters. The number of anilines is 1. The molecule has 1 saturated heterocycles. The summed E-state index contributed by atoms with van der Waals surface area (Å²) in [6.45, 7) is 1.31. The molecule has 0 saturated carbocycles. The maximum Gasteiger partial charge on any atom is 0.254 e. The highest BCUT2D eigenvalue weighted by atomic mass is 16.2. The van der Waals surface area contributed by atoms with Crippen LogP contribution in [0.25, 0.3) is 0 Å². The molecule has 2 aromatic carbocycles. The van der Waals surface area contributed by atoms with Crippen LogP contribution in [-0.2, 0) is 9.59 Å². The zero-order valence-electron chi connectivity index (χ0n) is 14.9. The first-order valence-corrected chi connectivity index (χ1v) is 9.15. The topological polar surface area (TPSA) is 78.5 Å². The van der Waals surface area contributed by atoms with Gasteiger partial charge in [-0.15, -0.1) is 0 Å². The van der Waals surface area contributed by atoms with Gasteiger partial charge in [0.1, 0.15) is 6.04 Å². The maximum atomic E-state index is 12.7. The average Bonchev–Trinajstić information content (AvgIpc) is 3.14. The number of hydrogen-bond acceptors (Lipinski definition) is 3. The van der Waals surface area contributed by atoms with Gasteiger partial charge in [0.2, 0.25) is 11.8 Å². The summed E-state index contributed by atoms with van der Waals surface area (Å²) in [6, 6.07) is 16.1. The van der Waals surface area contributed by atoms with Gasteiger partial charge in [0, 0.05) is 19.0 Å². The van der Waals surface area contributed by atoms with E-state index in [1.54, 1.807) is 29.2 Å². The van der Waals surface area contributed by atoms with E-state index in [2.05, 4.69) is 22.8 Å². The Morgan fingerprint density at radius 2 is 1.78 bits per heavy atom. The molecule has 138 valence electrons. The molecule has 2 N–H and O–H groups in total. The quantitative estimate of drug-likeness (QED) is 0.877. The number of likely N-dealkylation sites (tertiary alicyclic amines) is 1. The lowest BCUT2D eigenvalue weighted by atomic mass is 9.99. The lowest BCUT2D eigenvalue weighted by Gasteiger charge is -2.20. The third-order valence-corrected chi connectivity index (χ3v) is 5.24. The van der Waals surface area contributed by atoms with Crippen molar-refractivity contribution in [2.75, 3.05) is 18.4 Å². The van der Waals surface area contributed by atoms with E-state index in [1.165, 1.54) is 5.56 Å². The van der Waals surface area contributed by atoms with Gasteiger partial charge in [-0.3, -0.25) is 14.4 Å². The second-order valence-electron chi connectivity index (χ2n) is 7.00. The summed E-state index contributed by atoms with van der Waals surface area (Å²) < 4.78 is 0. The van der Waals surface area contributed by atoms with Crippen LogP contribution >= 0.6 is 0 Å². The minimum Gasteiger partial charge on any atom is -0.342 e. The molecule has 1 fully saturated rings. The van der Waals surface area contributed by atoms with E-state index < -0.39 is 6.04 Å². The summed E-state index contributed by atoms with van der Waals surface area (Å²) in [5.41, 5.74) is 2.11. The minimum absolute atomic E-state index is 0.0347. The number of hydrogen-bond donors (Lipinski definition) is 2. The van der Waals surface area contributed by atoms with Crippen molar-refractivity contribution in [2.24, 2.45) is 0 Å². The predicted molar refractivity (Wildman–Crippen MR) is 101 cm³/mol. The Kier molecular flexibility index (Phi) is 4.62. The first kappa shape index (κ1) is 17.3. The molecule has 0 aromatic heterocycles. The summed E-state index contributed by atoms with van der Waals surface area (Å²) in [6.07, 6.45) is 0.873. The lowest BCUT2D eigenvalue weighted by Crippen LogP contribution is -2.45. The van der Waals surface area contributed by atoms with E-state index in [1.807, 2.05) is 18.2 Å². The van der Waals surface area contributed by atoms with Crippen LogP contribution in [0.1, 0.15) is 34.7 Å². The number of nitrogens with zero attached hydrogens (tertiary/aromatic N) is 1. The molecule has 2 atom stereocenters. The van der Waals surface area contributed by atoms with Crippen molar-refractivity contribution in [3.8, 4) is 0 Å². The van der Waals surface area contributed by atoms with Crippen molar-refractivity contribution < 1.29 is 14.4 Å². The van der Waals surface area contributed by atoms with Gasteiger partial charge in [-0.05, 0) is 24.1 Å². The summed E-state index contributed by atoms with van der Waals surface area (Å²) in [4.78, 5) is 39.3. The zero-order chi connectivity index (χ0) is 18.8. The van der Waals surface area contributed by atoms with Crippen LogP contribution in [0.2, 0.25) is 0 Å². The van der Waals surface area contributed by atoms with E-state index in [-0.39, 0.29) is 24.1 Å². The van der Waals surface area contributed by atoms with Crippen LogP contribution in [-0.4, -0.2) is 41.8 Å². The van der Waals surface area contributed by atoms with E-state index in [0.29, 0.717) is 30.3 Å². The van der Waals surface area contributed by atoms with Gasteiger partial charge in [0.25, 0.3) is 5.91 Å². The normalized spacial score (nSPS) is 21.9. The third-order valence-electron chi connectivity index (χ3n) is 5.24. The molecule has 0 radical (unpaired) electrons. The molecule has 0 bridgehead atoms. The highest BCUT2D eigenvalue weighted by molar-refractivity contribution is 6.10. The Bertz CT molecular complexity index is 881. The van der Waals surface area contributed by atoms with Crippen LogP contribution in [0.15, 0.2) is 54.6 Å². The van der Waals surface area contributed by atoms with Gasteiger partial charge >= 0.3 is 0 Å². The van der Waals surface area contributed by atoms with Gasteiger partial charge < -0.3 is 15.5 Å². The highest BCUT2D eigenvalue weighted by Gasteiger charge is 2.33. The summed E-state index contributed by atoms with van der Waals surface area (Å²) in [7, 11) is 0. The standard InChI is InChI=1S/C21H21N3O3/c25-19(24-11-10-15(13-24)14-6-2-1-3-7-14)12-18-21(27)22-17-9-5-4-8-16(17)20(26)23-18/h1-9,15,18H,10-13H2,(H,22,27)(H,23,26)/t15?,18-/m0/s1. The minimum atomic E-state index is -0.867. The fourth-order valence-corrected chi connectivity index (χ4v) is 3.74. The van der Waals surface area contributed by atoms with Crippen LogP contribution in [0.5, 0.6) is 0 Å². The maximum absolute atomic E-state index is 12.7. The molecule has 2 aliphatic rings. The Hall–Kier alpha value is -3.15. The Morgan fingerprint density at radius 3 is 2.59 bits per heavy atom. The monoisotopic (exact) mass is 363 g/mol. The number of fused-ring (bicyclic) bond motifs is 1. The summed E-state index contributed by atoms with van der Waals surface area (Å²) >= 11 is 0. The number of carbonyl (C=O) groups excluding carboxylic acids is 3.